The predicted octanol–water partition coefficient (Wildman–Crippen LogP) is 4.07. The van der Waals surface area contributed by atoms with Crippen molar-refractivity contribution in [3.05, 3.63) is 71.3 Å². The number of Topliss-reactive ketones (excluding diaryl/α,β-unsaturated/α-hetero) is 1. The summed E-state index contributed by atoms with van der Waals surface area (Å²) in [5.41, 5.74) is 7.96. The van der Waals surface area contributed by atoms with E-state index in [4.69, 9.17) is 10.5 Å². The van der Waals surface area contributed by atoms with Gasteiger partial charge in [-0.15, -0.1) is 0 Å². The number of carbonyl (C=O) groups excluding carboxylic acids is 5. The van der Waals surface area contributed by atoms with Crippen LogP contribution in [0.4, 0.5) is 5.69 Å². The van der Waals surface area contributed by atoms with Gasteiger partial charge in [0.2, 0.25) is 17.7 Å². The zero-order chi connectivity index (χ0) is 34.1. The molecule has 1 aliphatic heterocycles. The van der Waals surface area contributed by atoms with Crippen molar-refractivity contribution in [2.45, 2.75) is 84.5 Å². The number of rotatable bonds is 4. The van der Waals surface area contributed by atoms with Gasteiger partial charge in [-0.05, 0) is 69.4 Å². The molecule has 3 rings (SSSR count). The van der Waals surface area contributed by atoms with Crippen LogP contribution in [0.5, 0.6) is 5.75 Å². The quantitative estimate of drug-likeness (QED) is 0.169. The van der Waals surface area contributed by atoms with E-state index in [1.165, 1.54) is 26.1 Å². The smallest absolute Gasteiger partial charge is 0.308 e. The van der Waals surface area contributed by atoms with Crippen LogP contribution in [0.3, 0.4) is 0 Å². The molecule has 3 amide bonds. The number of amides is 3. The summed E-state index contributed by atoms with van der Waals surface area (Å²) in [6.07, 6.45) is 1.97. The number of nitrogen functional groups attached to an aromatic ring is 1. The maximum atomic E-state index is 14.0. The van der Waals surface area contributed by atoms with Crippen LogP contribution in [-0.4, -0.2) is 64.7 Å². The van der Waals surface area contributed by atoms with Crippen LogP contribution in [0.25, 0.3) is 0 Å². The van der Waals surface area contributed by atoms with Gasteiger partial charge in [0.25, 0.3) is 0 Å². The largest absolute Gasteiger partial charge is 0.508 e. The van der Waals surface area contributed by atoms with Crippen molar-refractivity contribution in [1.29, 1.82) is 0 Å². The van der Waals surface area contributed by atoms with Crippen LogP contribution in [0.15, 0.2) is 60.2 Å². The number of hydrogen-bond donors (Lipinski definition) is 4. The molecule has 0 saturated heterocycles. The van der Waals surface area contributed by atoms with Gasteiger partial charge in [-0.1, -0.05) is 49.8 Å². The summed E-state index contributed by atoms with van der Waals surface area (Å²) in [5, 5.41) is 15.4. The molecule has 0 bridgehead atoms. The van der Waals surface area contributed by atoms with E-state index in [0.717, 1.165) is 10.5 Å². The lowest BCUT2D eigenvalue weighted by Gasteiger charge is -2.31. The number of hydrogen-bond acceptors (Lipinski definition) is 8. The molecule has 2 aromatic carbocycles. The lowest BCUT2D eigenvalue weighted by atomic mass is 9.95. The van der Waals surface area contributed by atoms with E-state index in [1.54, 1.807) is 50.2 Å². The monoisotopic (exact) mass is 634 g/mol. The number of cyclic esters (lactones) is 1. The van der Waals surface area contributed by atoms with E-state index in [0.29, 0.717) is 18.4 Å². The van der Waals surface area contributed by atoms with Crippen molar-refractivity contribution in [2.75, 3.05) is 12.8 Å². The Hall–Kier alpha value is -4.67. The first-order chi connectivity index (χ1) is 21.7. The van der Waals surface area contributed by atoms with E-state index in [9.17, 15) is 29.1 Å². The number of phenolic OH excluding ortho intramolecular Hbond substituents is 1. The third kappa shape index (κ3) is 9.92. The maximum absolute atomic E-state index is 14.0. The topological polar surface area (TPSA) is 168 Å². The summed E-state index contributed by atoms with van der Waals surface area (Å²) >= 11 is 0. The molecular formula is C35H46N4O7. The van der Waals surface area contributed by atoms with Gasteiger partial charge in [-0.2, -0.15) is 0 Å². The standard InChI is InChI=1S/C35H46N4O7/c1-20-15-21(2)17-23(4)46-32(42)18-29(25-11-13-26(40)14-12-25)38-34(44)30(19-31(41)27-9-7-8-10-28(27)36)39(6)35(45)24(5)37-33(43)22(3)16-20/h7-15,21-24,29-30,40H,16-19,36H2,1-6H3,(H,37,43)(H,38,44)/b20-15+/t21-,22-,23-,24-,29+,30+/m0/s1. The first kappa shape index (κ1) is 35.8. The fourth-order valence-electron chi connectivity index (χ4n) is 5.75. The highest BCUT2D eigenvalue weighted by Gasteiger charge is 2.35. The highest BCUT2D eigenvalue weighted by atomic mass is 16.5. The lowest BCUT2D eigenvalue weighted by Crippen LogP contribution is -2.55. The average Bonchev–Trinajstić information content (AvgIpc) is 2.98. The highest BCUT2D eigenvalue weighted by molar-refractivity contribution is 6.04. The highest BCUT2D eigenvalue weighted by Crippen LogP contribution is 2.24. The Morgan fingerprint density at radius 3 is 2.26 bits per heavy atom. The van der Waals surface area contributed by atoms with Crippen molar-refractivity contribution >= 4 is 35.2 Å². The first-order valence-electron chi connectivity index (χ1n) is 15.6. The van der Waals surface area contributed by atoms with Crippen LogP contribution in [0, 0.1) is 11.8 Å². The van der Waals surface area contributed by atoms with Gasteiger partial charge >= 0.3 is 5.97 Å². The number of aromatic hydroxyl groups is 1. The van der Waals surface area contributed by atoms with E-state index in [2.05, 4.69) is 10.6 Å². The number of ketones is 1. The second kappa shape index (κ2) is 16.1. The number of nitrogens with two attached hydrogens (primary N) is 1. The van der Waals surface area contributed by atoms with Crippen LogP contribution in [-0.2, 0) is 23.9 Å². The number of anilines is 1. The predicted molar refractivity (Wildman–Crippen MR) is 174 cm³/mol. The Balaban J connectivity index is 2.03. The van der Waals surface area contributed by atoms with Gasteiger partial charge in [0.15, 0.2) is 5.78 Å². The fourth-order valence-corrected chi connectivity index (χ4v) is 5.75. The number of carbonyl (C=O) groups is 5. The minimum absolute atomic E-state index is 0.000624. The number of nitrogens with zero attached hydrogens (tertiary/aromatic N) is 1. The van der Waals surface area contributed by atoms with Gasteiger partial charge in [0, 0.05) is 30.6 Å². The van der Waals surface area contributed by atoms with Crippen molar-refractivity contribution in [3.63, 3.8) is 0 Å². The van der Waals surface area contributed by atoms with Gasteiger partial charge in [0.1, 0.15) is 17.8 Å². The van der Waals surface area contributed by atoms with Crippen LogP contribution < -0.4 is 16.4 Å². The van der Waals surface area contributed by atoms with Gasteiger partial charge in [-0.3, -0.25) is 24.0 Å². The third-order valence-electron chi connectivity index (χ3n) is 8.15. The molecule has 0 fully saturated rings. The van der Waals surface area contributed by atoms with E-state index in [-0.39, 0.29) is 35.2 Å². The molecule has 2 aromatic rings. The lowest BCUT2D eigenvalue weighted by molar-refractivity contribution is -0.149. The molecule has 0 radical (unpaired) electrons. The molecule has 5 N–H and O–H groups in total. The zero-order valence-corrected chi connectivity index (χ0v) is 27.4. The molecule has 1 aliphatic rings. The fraction of sp³-hybridized carbons (Fsp3) is 0.457. The number of esters is 1. The molecule has 0 aromatic heterocycles. The Morgan fingerprint density at radius 2 is 1.61 bits per heavy atom. The Kier molecular flexibility index (Phi) is 12.5. The number of benzene rings is 2. The average molecular weight is 635 g/mol. The normalized spacial score (nSPS) is 27.2. The van der Waals surface area contributed by atoms with E-state index < -0.39 is 60.1 Å². The molecule has 248 valence electrons. The van der Waals surface area contributed by atoms with Crippen LogP contribution in [0.1, 0.15) is 82.3 Å². The van der Waals surface area contributed by atoms with Crippen molar-refractivity contribution in [2.24, 2.45) is 11.8 Å². The van der Waals surface area contributed by atoms with E-state index in [1.807, 2.05) is 19.9 Å². The van der Waals surface area contributed by atoms with E-state index >= 15 is 0 Å². The molecule has 0 spiro atoms. The van der Waals surface area contributed by atoms with Crippen molar-refractivity contribution in [1.82, 2.24) is 15.5 Å². The van der Waals surface area contributed by atoms with Crippen LogP contribution >= 0.6 is 0 Å². The number of ether oxygens (including phenoxy) is 1. The molecule has 11 heteroatoms. The van der Waals surface area contributed by atoms with Crippen LogP contribution in [0.2, 0.25) is 0 Å². The number of nitrogens with one attached hydrogen (secondary N) is 2. The summed E-state index contributed by atoms with van der Waals surface area (Å²) in [5.74, 6) is -3.00. The Bertz CT molecular complexity index is 1460. The minimum Gasteiger partial charge on any atom is -0.508 e. The number of phenols is 1. The molecule has 6 atom stereocenters. The van der Waals surface area contributed by atoms with Gasteiger partial charge < -0.3 is 31.1 Å². The molecule has 46 heavy (non-hydrogen) atoms. The second-order valence-electron chi connectivity index (χ2n) is 12.4. The summed E-state index contributed by atoms with van der Waals surface area (Å²) in [7, 11) is 1.39. The molecule has 1 heterocycles. The minimum atomic E-state index is -1.32. The SMILES string of the molecule is C/C1=C\[C@H](C)C[C@H](C)OC(=O)C[C@H](c2ccc(O)cc2)NC(=O)[C@@H](CC(=O)c2ccccc2N)N(C)C(=O)[C@H](C)NC(=O)[C@@H](C)C1. The number of allylic oxidation sites excluding steroid dienone is 2. The number of para-hydroxylation sites is 1. The summed E-state index contributed by atoms with van der Waals surface area (Å²) in [4.78, 5) is 68.4. The number of likely N-dealkylation sites (N-methyl/N-ethyl adjacent to an activating group) is 1. The second-order valence-corrected chi connectivity index (χ2v) is 12.4. The zero-order valence-electron chi connectivity index (χ0n) is 27.4. The first-order valence-corrected chi connectivity index (χ1v) is 15.6. The maximum Gasteiger partial charge on any atom is 0.308 e. The van der Waals surface area contributed by atoms with Gasteiger partial charge in [0.05, 0.1) is 18.6 Å². The molecular weight excluding hydrogens is 588 g/mol. The summed E-state index contributed by atoms with van der Waals surface area (Å²) < 4.78 is 5.72. The molecule has 0 saturated carbocycles. The van der Waals surface area contributed by atoms with Crippen molar-refractivity contribution in [3.8, 4) is 5.75 Å². The third-order valence-corrected chi connectivity index (χ3v) is 8.15. The Labute approximate surface area is 270 Å². The van der Waals surface area contributed by atoms with Crippen molar-refractivity contribution < 1.29 is 33.8 Å². The Morgan fingerprint density at radius 1 is 0.957 bits per heavy atom. The summed E-state index contributed by atoms with van der Waals surface area (Å²) in [6, 6.07) is 9.21. The van der Waals surface area contributed by atoms with Gasteiger partial charge in [-0.25, -0.2) is 0 Å². The molecule has 11 nitrogen and oxygen atoms in total. The molecule has 0 unspecified atom stereocenters. The molecule has 0 aliphatic carbocycles. The summed E-state index contributed by atoms with van der Waals surface area (Å²) in [6.45, 7) is 9.03.